The maximum atomic E-state index is 12.0. The van der Waals surface area contributed by atoms with Gasteiger partial charge in [-0.2, -0.15) is 0 Å². The van der Waals surface area contributed by atoms with Crippen LogP contribution in [0.4, 0.5) is 0 Å². The molecule has 0 saturated heterocycles. The zero-order valence-corrected chi connectivity index (χ0v) is 11.3. The lowest BCUT2D eigenvalue weighted by Gasteiger charge is -2.17. The van der Waals surface area contributed by atoms with Crippen LogP contribution in [0.15, 0.2) is 18.2 Å². The first-order valence-electron chi connectivity index (χ1n) is 5.28. The van der Waals surface area contributed by atoms with Gasteiger partial charge >= 0.3 is 0 Å². The van der Waals surface area contributed by atoms with Gasteiger partial charge in [0.15, 0.2) is 5.78 Å². The molecule has 0 unspecified atom stereocenters. The van der Waals surface area contributed by atoms with E-state index in [0.717, 1.165) is 6.42 Å². The molecule has 0 aliphatic carbocycles. The second kappa shape index (κ2) is 5.20. The highest BCUT2D eigenvalue weighted by Crippen LogP contribution is 2.28. The first-order valence-corrected chi connectivity index (χ1v) is 6.04. The molecule has 0 aliphatic rings. The van der Waals surface area contributed by atoms with Crippen LogP contribution in [0.25, 0.3) is 0 Å². The quantitative estimate of drug-likeness (QED) is 0.698. The van der Waals surface area contributed by atoms with Crippen LogP contribution in [0.3, 0.4) is 0 Å². The van der Waals surface area contributed by atoms with Gasteiger partial charge in [0, 0.05) is 6.42 Å². The van der Waals surface area contributed by atoms with Crippen LogP contribution in [-0.2, 0) is 0 Å². The molecule has 0 bridgehead atoms. The molecule has 0 amide bonds. The second-order valence-electron chi connectivity index (χ2n) is 5.08. The zero-order valence-electron chi connectivity index (χ0n) is 9.81. The van der Waals surface area contributed by atoms with Crippen molar-refractivity contribution in [1.29, 1.82) is 0 Å². The van der Waals surface area contributed by atoms with E-state index in [1.54, 1.807) is 18.2 Å². The highest BCUT2D eigenvalue weighted by Gasteiger charge is 2.17. The predicted octanol–water partition coefficient (Wildman–Crippen LogP) is 5.00. The molecule has 0 radical (unpaired) electrons. The van der Waals surface area contributed by atoms with E-state index >= 15 is 0 Å². The summed E-state index contributed by atoms with van der Waals surface area (Å²) in [6, 6.07) is 5.13. The summed E-state index contributed by atoms with van der Waals surface area (Å²) in [5.41, 5.74) is 0.596. The smallest absolute Gasteiger partial charge is 0.165 e. The number of rotatable bonds is 3. The van der Waals surface area contributed by atoms with E-state index in [1.165, 1.54) is 0 Å². The van der Waals surface area contributed by atoms with E-state index in [1.807, 2.05) is 0 Å². The molecule has 1 nitrogen and oxygen atoms in total. The van der Waals surface area contributed by atoms with Crippen molar-refractivity contribution in [1.82, 2.24) is 0 Å². The summed E-state index contributed by atoms with van der Waals surface area (Å²) in [4.78, 5) is 12.0. The molecule has 0 atom stereocenters. The lowest BCUT2D eigenvalue weighted by Crippen LogP contribution is -2.09. The fourth-order valence-electron chi connectivity index (χ4n) is 1.38. The minimum atomic E-state index is 0.0190. The van der Waals surface area contributed by atoms with Gasteiger partial charge in [0.2, 0.25) is 0 Å². The average molecular weight is 259 g/mol. The van der Waals surface area contributed by atoms with E-state index in [2.05, 4.69) is 20.8 Å². The first-order chi connectivity index (χ1) is 7.31. The standard InChI is InChI=1S/C13H16Cl2O/c1-13(2,3)8-7-11(16)12-9(14)5-4-6-10(12)15/h4-6H,7-8H2,1-3H3. The number of hydrogen-bond acceptors (Lipinski definition) is 1. The van der Waals surface area contributed by atoms with Gasteiger partial charge in [-0.05, 0) is 24.0 Å². The third kappa shape index (κ3) is 3.80. The van der Waals surface area contributed by atoms with Gasteiger partial charge in [0.1, 0.15) is 0 Å². The maximum Gasteiger partial charge on any atom is 0.165 e. The summed E-state index contributed by atoms with van der Waals surface area (Å²) in [6.45, 7) is 6.32. The number of carbonyl (C=O) groups excluding carboxylic acids is 1. The molecule has 88 valence electrons. The lowest BCUT2D eigenvalue weighted by molar-refractivity contribution is 0.0966. The Labute approximate surface area is 107 Å². The Morgan fingerprint density at radius 1 is 1.19 bits per heavy atom. The van der Waals surface area contributed by atoms with Crippen molar-refractivity contribution < 1.29 is 4.79 Å². The molecule has 0 aliphatic heterocycles. The molecule has 1 aromatic rings. The molecule has 1 rings (SSSR count). The van der Waals surface area contributed by atoms with Gasteiger partial charge in [0.25, 0.3) is 0 Å². The van der Waals surface area contributed by atoms with Crippen molar-refractivity contribution in [3.8, 4) is 0 Å². The molecule has 0 fully saturated rings. The van der Waals surface area contributed by atoms with Crippen LogP contribution in [0, 0.1) is 5.41 Å². The van der Waals surface area contributed by atoms with Crippen molar-refractivity contribution in [2.45, 2.75) is 33.6 Å². The Morgan fingerprint density at radius 2 is 1.69 bits per heavy atom. The fraction of sp³-hybridized carbons (Fsp3) is 0.462. The van der Waals surface area contributed by atoms with Gasteiger partial charge in [-0.3, -0.25) is 4.79 Å². The molecular formula is C13H16Cl2O. The summed E-state index contributed by atoms with van der Waals surface area (Å²) in [5, 5.41) is 0.873. The Hall–Kier alpha value is -0.530. The fourth-order valence-corrected chi connectivity index (χ4v) is 1.99. The van der Waals surface area contributed by atoms with Crippen molar-refractivity contribution in [3.05, 3.63) is 33.8 Å². The summed E-state index contributed by atoms with van der Waals surface area (Å²) >= 11 is 11.9. The molecule has 3 heteroatoms. The van der Waals surface area contributed by atoms with E-state index in [-0.39, 0.29) is 11.2 Å². The first kappa shape index (κ1) is 13.5. The third-order valence-electron chi connectivity index (χ3n) is 2.34. The van der Waals surface area contributed by atoms with Crippen LogP contribution >= 0.6 is 23.2 Å². The highest BCUT2D eigenvalue weighted by molar-refractivity contribution is 6.39. The molecule has 0 spiro atoms. The Morgan fingerprint density at radius 3 is 2.12 bits per heavy atom. The summed E-state index contributed by atoms with van der Waals surface area (Å²) in [7, 11) is 0. The molecule has 1 aromatic carbocycles. The van der Waals surface area contributed by atoms with E-state index < -0.39 is 0 Å². The van der Waals surface area contributed by atoms with Crippen LogP contribution in [-0.4, -0.2) is 5.78 Å². The number of Topliss-reactive ketones (excluding diaryl/α,β-unsaturated/α-hetero) is 1. The molecule has 0 aromatic heterocycles. The van der Waals surface area contributed by atoms with Gasteiger partial charge in [-0.1, -0.05) is 50.0 Å². The molecule has 0 saturated carbocycles. The van der Waals surface area contributed by atoms with Crippen LogP contribution < -0.4 is 0 Å². The topological polar surface area (TPSA) is 17.1 Å². The summed E-state index contributed by atoms with van der Waals surface area (Å²) in [6.07, 6.45) is 1.31. The largest absolute Gasteiger partial charge is 0.294 e. The molecule has 0 N–H and O–H groups in total. The van der Waals surface area contributed by atoms with Crippen LogP contribution in [0.5, 0.6) is 0 Å². The van der Waals surface area contributed by atoms with Crippen LogP contribution in [0.1, 0.15) is 44.0 Å². The minimum absolute atomic E-state index is 0.0190. The Bertz CT molecular complexity index is 371. The Kier molecular flexibility index (Phi) is 4.40. The Balaban J connectivity index is 2.81. The number of carbonyl (C=O) groups is 1. The number of ketones is 1. The van der Waals surface area contributed by atoms with Crippen LogP contribution in [0.2, 0.25) is 10.0 Å². The van der Waals surface area contributed by atoms with Crippen molar-refractivity contribution in [2.75, 3.05) is 0 Å². The van der Waals surface area contributed by atoms with E-state index in [9.17, 15) is 4.79 Å². The molecule has 0 heterocycles. The number of hydrogen-bond donors (Lipinski definition) is 0. The summed E-state index contributed by atoms with van der Waals surface area (Å²) < 4.78 is 0. The van der Waals surface area contributed by atoms with Gasteiger partial charge in [-0.25, -0.2) is 0 Å². The van der Waals surface area contributed by atoms with Gasteiger partial charge in [0.05, 0.1) is 15.6 Å². The van der Waals surface area contributed by atoms with Crippen molar-refractivity contribution >= 4 is 29.0 Å². The maximum absolute atomic E-state index is 12.0. The molecular weight excluding hydrogens is 243 g/mol. The second-order valence-corrected chi connectivity index (χ2v) is 5.89. The highest BCUT2D eigenvalue weighted by atomic mass is 35.5. The number of benzene rings is 1. The molecule has 16 heavy (non-hydrogen) atoms. The van der Waals surface area contributed by atoms with Gasteiger partial charge in [-0.15, -0.1) is 0 Å². The van der Waals surface area contributed by atoms with E-state index in [4.69, 9.17) is 23.2 Å². The monoisotopic (exact) mass is 258 g/mol. The normalized spacial score (nSPS) is 11.6. The SMILES string of the molecule is CC(C)(C)CCC(=O)c1c(Cl)cccc1Cl. The third-order valence-corrected chi connectivity index (χ3v) is 2.97. The zero-order chi connectivity index (χ0) is 12.3. The predicted molar refractivity (Wildman–Crippen MR) is 69.5 cm³/mol. The summed E-state index contributed by atoms with van der Waals surface area (Å²) in [5.74, 6) is 0.0190. The minimum Gasteiger partial charge on any atom is -0.294 e. The lowest BCUT2D eigenvalue weighted by atomic mass is 9.88. The average Bonchev–Trinajstić information content (AvgIpc) is 2.13. The van der Waals surface area contributed by atoms with E-state index in [0.29, 0.717) is 22.0 Å². The van der Waals surface area contributed by atoms with Gasteiger partial charge < -0.3 is 0 Å². The van der Waals surface area contributed by atoms with Crippen molar-refractivity contribution in [2.24, 2.45) is 5.41 Å². The number of halogens is 2. The van der Waals surface area contributed by atoms with Crippen molar-refractivity contribution in [3.63, 3.8) is 0 Å².